The van der Waals surface area contributed by atoms with Gasteiger partial charge in [0.05, 0.1) is 13.7 Å². The van der Waals surface area contributed by atoms with Crippen molar-refractivity contribution in [2.45, 2.75) is 32.2 Å². The van der Waals surface area contributed by atoms with E-state index in [-0.39, 0.29) is 0 Å². The third kappa shape index (κ3) is 3.39. The van der Waals surface area contributed by atoms with Gasteiger partial charge in [0.1, 0.15) is 0 Å². The summed E-state index contributed by atoms with van der Waals surface area (Å²) in [5.41, 5.74) is 1.31. The van der Waals surface area contributed by atoms with E-state index >= 15 is 0 Å². The van der Waals surface area contributed by atoms with E-state index in [1.54, 1.807) is 7.11 Å². The summed E-state index contributed by atoms with van der Waals surface area (Å²) in [5, 5.41) is 0. The summed E-state index contributed by atoms with van der Waals surface area (Å²) in [6, 6.07) is 7.06. The van der Waals surface area contributed by atoms with Gasteiger partial charge in [-0.3, -0.25) is 0 Å². The minimum absolute atomic E-state index is 0.667. The number of hydrogen-bond donors (Lipinski definition) is 0. The number of rotatable bonds is 7. The lowest BCUT2D eigenvalue weighted by molar-refractivity contribution is 0.309. The van der Waals surface area contributed by atoms with Crippen LogP contribution in [0.5, 0.6) is 11.5 Å². The molecule has 1 aromatic rings. The molecule has 18 heavy (non-hydrogen) atoms. The van der Waals surface area contributed by atoms with E-state index in [1.165, 1.54) is 18.4 Å². The molecule has 0 unspecified atom stereocenters. The zero-order valence-electron chi connectivity index (χ0n) is 11.6. The lowest BCUT2D eigenvalue weighted by atomic mass is 10.1. The summed E-state index contributed by atoms with van der Waals surface area (Å²) in [7, 11) is 3.90. The van der Waals surface area contributed by atoms with Gasteiger partial charge in [0.15, 0.2) is 11.5 Å². The summed E-state index contributed by atoms with van der Waals surface area (Å²) in [6.45, 7) is 3.76. The molecule has 1 aliphatic rings. The SMILES string of the molecule is CCOc1ccc(CCN(C)C2CC2)cc1OC. The lowest BCUT2D eigenvalue weighted by Gasteiger charge is -2.16. The van der Waals surface area contributed by atoms with E-state index in [0.29, 0.717) is 6.61 Å². The average Bonchev–Trinajstić information content (AvgIpc) is 3.21. The van der Waals surface area contributed by atoms with Crippen molar-refractivity contribution in [3.63, 3.8) is 0 Å². The molecular weight excluding hydrogens is 226 g/mol. The maximum Gasteiger partial charge on any atom is 0.161 e. The predicted octanol–water partition coefficient (Wildman–Crippen LogP) is 2.73. The summed E-state index contributed by atoms with van der Waals surface area (Å²) >= 11 is 0. The van der Waals surface area contributed by atoms with Crippen LogP contribution in [0.1, 0.15) is 25.3 Å². The van der Waals surface area contributed by atoms with Gasteiger partial charge in [0, 0.05) is 12.6 Å². The normalized spacial score (nSPS) is 14.9. The highest BCUT2D eigenvalue weighted by Gasteiger charge is 2.25. The fourth-order valence-electron chi connectivity index (χ4n) is 2.15. The Morgan fingerprint density at radius 3 is 2.67 bits per heavy atom. The standard InChI is InChI=1S/C15H23NO2/c1-4-18-14-8-5-12(11-15(14)17-3)9-10-16(2)13-6-7-13/h5,8,11,13H,4,6-7,9-10H2,1-3H3. The van der Waals surface area contributed by atoms with E-state index in [2.05, 4.69) is 24.1 Å². The molecule has 0 saturated heterocycles. The Kier molecular flexibility index (Phi) is 4.48. The molecule has 100 valence electrons. The maximum absolute atomic E-state index is 5.52. The van der Waals surface area contributed by atoms with Crippen molar-refractivity contribution in [1.29, 1.82) is 0 Å². The van der Waals surface area contributed by atoms with Crippen LogP contribution < -0.4 is 9.47 Å². The van der Waals surface area contributed by atoms with Crippen molar-refractivity contribution < 1.29 is 9.47 Å². The minimum Gasteiger partial charge on any atom is -0.493 e. The van der Waals surface area contributed by atoms with Crippen LogP contribution in [0.15, 0.2) is 18.2 Å². The molecule has 0 heterocycles. The minimum atomic E-state index is 0.667. The number of nitrogens with zero attached hydrogens (tertiary/aromatic N) is 1. The van der Waals surface area contributed by atoms with Crippen molar-refractivity contribution in [2.75, 3.05) is 27.3 Å². The zero-order chi connectivity index (χ0) is 13.0. The number of benzene rings is 1. The number of ether oxygens (including phenoxy) is 2. The summed E-state index contributed by atoms with van der Waals surface area (Å²) in [4.78, 5) is 2.45. The first-order valence-electron chi connectivity index (χ1n) is 6.74. The summed E-state index contributed by atoms with van der Waals surface area (Å²) in [5.74, 6) is 1.67. The Balaban J connectivity index is 1.95. The molecule has 0 atom stereocenters. The molecule has 1 fully saturated rings. The Bertz CT molecular complexity index is 388. The van der Waals surface area contributed by atoms with Crippen LogP contribution in [-0.2, 0) is 6.42 Å². The first-order chi connectivity index (χ1) is 8.74. The molecule has 0 aliphatic heterocycles. The van der Waals surface area contributed by atoms with Crippen LogP contribution in [0.2, 0.25) is 0 Å². The molecule has 0 radical (unpaired) electrons. The van der Waals surface area contributed by atoms with Gasteiger partial charge < -0.3 is 14.4 Å². The van der Waals surface area contributed by atoms with Crippen LogP contribution >= 0.6 is 0 Å². The van der Waals surface area contributed by atoms with Gasteiger partial charge in [-0.15, -0.1) is 0 Å². The summed E-state index contributed by atoms with van der Waals surface area (Å²) in [6.07, 6.45) is 3.79. The van der Waals surface area contributed by atoms with Crippen LogP contribution in [0.25, 0.3) is 0 Å². The van der Waals surface area contributed by atoms with E-state index < -0.39 is 0 Å². The second-order valence-electron chi connectivity index (χ2n) is 4.88. The van der Waals surface area contributed by atoms with Crippen LogP contribution in [0, 0.1) is 0 Å². The fraction of sp³-hybridized carbons (Fsp3) is 0.600. The predicted molar refractivity (Wildman–Crippen MR) is 73.5 cm³/mol. The van der Waals surface area contributed by atoms with Gasteiger partial charge in [0.2, 0.25) is 0 Å². The fourth-order valence-corrected chi connectivity index (χ4v) is 2.15. The maximum atomic E-state index is 5.52. The third-order valence-corrected chi connectivity index (χ3v) is 3.45. The molecule has 0 spiro atoms. The highest BCUT2D eigenvalue weighted by molar-refractivity contribution is 5.43. The van der Waals surface area contributed by atoms with E-state index in [4.69, 9.17) is 9.47 Å². The second kappa shape index (κ2) is 6.10. The zero-order valence-corrected chi connectivity index (χ0v) is 11.6. The van der Waals surface area contributed by atoms with E-state index in [0.717, 1.165) is 30.5 Å². The number of hydrogen-bond acceptors (Lipinski definition) is 3. The summed E-state index contributed by atoms with van der Waals surface area (Å²) < 4.78 is 10.9. The lowest BCUT2D eigenvalue weighted by Crippen LogP contribution is -2.23. The number of likely N-dealkylation sites (N-methyl/N-ethyl adjacent to an activating group) is 1. The van der Waals surface area contributed by atoms with Crippen molar-refractivity contribution in [3.8, 4) is 11.5 Å². The largest absolute Gasteiger partial charge is 0.493 e. The molecule has 0 bridgehead atoms. The first-order valence-corrected chi connectivity index (χ1v) is 6.74. The molecule has 1 saturated carbocycles. The smallest absolute Gasteiger partial charge is 0.161 e. The third-order valence-electron chi connectivity index (χ3n) is 3.45. The topological polar surface area (TPSA) is 21.7 Å². The molecule has 3 heteroatoms. The molecule has 1 aromatic carbocycles. The second-order valence-corrected chi connectivity index (χ2v) is 4.88. The molecule has 2 rings (SSSR count). The quantitative estimate of drug-likeness (QED) is 0.741. The van der Waals surface area contributed by atoms with Gasteiger partial charge in [-0.2, -0.15) is 0 Å². The van der Waals surface area contributed by atoms with Crippen molar-refractivity contribution in [2.24, 2.45) is 0 Å². The first kappa shape index (κ1) is 13.2. The number of methoxy groups -OCH3 is 1. The molecule has 0 N–H and O–H groups in total. The van der Waals surface area contributed by atoms with Crippen molar-refractivity contribution in [1.82, 2.24) is 4.90 Å². The van der Waals surface area contributed by atoms with Crippen LogP contribution in [-0.4, -0.2) is 38.3 Å². The van der Waals surface area contributed by atoms with Gasteiger partial charge in [0.25, 0.3) is 0 Å². The Hall–Kier alpha value is -1.22. The van der Waals surface area contributed by atoms with Crippen molar-refractivity contribution in [3.05, 3.63) is 23.8 Å². The molecule has 0 aromatic heterocycles. The Morgan fingerprint density at radius 2 is 2.06 bits per heavy atom. The Morgan fingerprint density at radius 1 is 1.28 bits per heavy atom. The Labute approximate surface area is 110 Å². The van der Waals surface area contributed by atoms with Crippen LogP contribution in [0.4, 0.5) is 0 Å². The monoisotopic (exact) mass is 249 g/mol. The molecule has 0 amide bonds. The van der Waals surface area contributed by atoms with E-state index in [9.17, 15) is 0 Å². The van der Waals surface area contributed by atoms with Gasteiger partial charge in [-0.25, -0.2) is 0 Å². The highest BCUT2D eigenvalue weighted by Crippen LogP contribution is 2.29. The van der Waals surface area contributed by atoms with Gasteiger partial charge in [-0.05, 0) is 50.9 Å². The van der Waals surface area contributed by atoms with E-state index in [1.807, 2.05) is 13.0 Å². The highest BCUT2D eigenvalue weighted by atomic mass is 16.5. The van der Waals surface area contributed by atoms with Crippen molar-refractivity contribution >= 4 is 0 Å². The molecule has 1 aliphatic carbocycles. The molecular formula is C15H23NO2. The van der Waals surface area contributed by atoms with Gasteiger partial charge >= 0.3 is 0 Å². The van der Waals surface area contributed by atoms with Crippen LogP contribution in [0.3, 0.4) is 0 Å². The van der Waals surface area contributed by atoms with Gasteiger partial charge in [-0.1, -0.05) is 6.07 Å². The molecule has 3 nitrogen and oxygen atoms in total. The average molecular weight is 249 g/mol.